The second kappa shape index (κ2) is 7.53. The van der Waals surface area contributed by atoms with Gasteiger partial charge >= 0.3 is 0 Å². The molecule has 0 fully saturated rings. The van der Waals surface area contributed by atoms with E-state index in [2.05, 4.69) is 5.32 Å². The van der Waals surface area contributed by atoms with E-state index in [4.69, 9.17) is 16.0 Å². The third kappa shape index (κ3) is 3.74. The number of anilines is 1. The Kier molecular flexibility index (Phi) is 5.19. The molecule has 5 heteroatoms. The lowest BCUT2D eigenvalue weighted by Gasteiger charge is -2.06. The van der Waals surface area contributed by atoms with Gasteiger partial charge in [-0.15, -0.1) is 0 Å². The average Bonchev–Trinajstić information content (AvgIpc) is 2.98. The van der Waals surface area contributed by atoms with Crippen LogP contribution in [-0.2, 0) is 4.79 Å². The van der Waals surface area contributed by atoms with E-state index in [1.165, 1.54) is 0 Å². The standard InChI is InChI=1S/C20H18ClNO3/c1-2-3-8-17(23)22-18-15-6-4-5-7-16(15)25-20(18)19(24)13-9-11-14(21)12-10-13/h4-7,9-12H,2-3,8H2,1H3,(H,22,23). The number of fused-ring (bicyclic) bond motifs is 1. The summed E-state index contributed by atoms with van der Waals surface area (Å²) in [4.78, 5) is 25.0. The average molecular weight is 356 g/mol. The maximum atomic E-state index is 12.9. The maximum absolute atomic E-state index is 12.9. The van der Waals surface area contributed by atoms with Crippen molar-refractivity contribution in [2.24, 2.45) is 0 Å². The van der Waals surface area contributed by atoms with Gasteiger partial charge in [0.15, 0.2) is 5.76 Å². The van der Waals surface area contributed by atoms with Gasteiger partial charge in [0.25, 0.3) is 0 Å². The summed E-state index contributed by atoms with van der Waals surface area (Å²) >= 11 is 5.88. The fraction of sp³-hybridized carbons (Fsp3) is 0.200. The predicted molar refractivity (Wildman–Crippen MR) is 99.3 cm³/mol. The van der Waals surface area contributed by atoms with Crippen LogP contribution >= 0.6 is 11.6 Å². The van der Waals surface area contributed by atoms with Gasteiger partial charge in [-0.05, 0) is 42.8 Å². The molecular weight excluding hydrogens is 338 g/mol. The second-order valence-corrected chi connectivity index (χ2v) is 6.23. The zero-order valence-electron chi connectivity index (χ0n) is 13.8. The van der Waals surface area contributed by atoms with Crippen LogP contribution in [0.3, 0.4) is 0 Å². The van der Waals surface area contributed by atoms with Crippen LogP contribution in [0.2, 0.25) is 5.02 Å². The Labute approximate surface area is 150 Å². The molecule has 0 spiro atoms. The number of nitrogens with one attached hydrogen (secondary N) is 1. The largest absolute Gasteiger partial charge is 0.450 e. The summed E-state index contributed by atoms with van der Waals surface area (Å²) in [6, 6.07) is 13.8. The van der Waals surface area contributed by atoms with Gasteiger partial charge in [-0.3, -0.25) is 9.59 Å². The number of para-hydroxylation sites is 1. The Morgan fingerprint density at radius 1 is 1.08 bits per heavy atom. The number of halogens is 1. The smallest absolute Gasteiger partial charge is 0.230 e. The van der Waals surface area contributed by atoms with Crippen molar-refractivity contribution in [3.8, 4) is 0 Å². The molecule has 1 N–H and O–H groups in total. The van der Waals surface area contributed by atoms with Crippen LogP contribution in [-0.4, -0.2) is 11.7 Å². The number of benzene rings is 2. The number of unbranched alkanes of at least 4 members (excludes halogenated alkanes) is 1. The quantitative estimate of drug-likeness (QED) is 0.598. The highest BCUT2D eigenvalue weighted by molar-refractivity contribution is 6.30. The minimum Gasteiger partial charge on any atom is -0.450 e. The molecule has 0 aliphatic rings. The highest BCUT2D eigenvalue weighted by atomic mass is 35.5. The van der Waals surface area contributed by atoms with Crippen molar-refractivity contribution in [2.75, 3.05) is 5.32 Å². The van der Waals surface area contributed by atoms with Crippen molar-refractivity contribution in [1.29, 1.82) is 0 Å². The summed E-state index contributed by atoms with van der Waals surface area (Å²) < 4.78 is 5.75. The molecule has 1 heterocycles. The van der Waals surface area contributed by atoms with E-state index in [1.54, 1.807) is 30.3 Å². The Morgan fingerprint density at radius 3 is 2.52 bits per heavy atom. The van der Waals surface area contributed by atoms with Gasteiger partial charge in [0.1, 0.15) is 5.58 Å². The van der Waals surface area contributed by atoms with E-state index >= 15 is 0 Å². The molecule has 0 aliphatic heterocycles. The molecule has 128 valence electrons. The number of amides is 1. The fourth-order valence-electron chi connectivity index (χ4n) is 2.60. The summed E-state index contributed by atoms with van der Waals surface area (Å²) in [6.07, 6.45) is 2.13. The van der Waals surface area contributed by atoms with E-state index in [-0.39, 0.29) is 17.5 Å². The summed E-state index contributed by atoms with van der Waals surface area (Å²) in [5, 5.41) is 4.11. The molecule has 2 aromatic carbocycles. The molecule has 0 saturated heterocycles. The van der Waals surface area contributed by atoms with Crippen LogP contribution in [0.4, 0.5) is 5.69 Å². The molecule has 1 aromatic heterocycles. The third-order valence-corrected chi connectivity index (χ3v) is 4.18. The molecule has 3 aromatic rings. The molecule has 0 radical (unpaired) electrons. The number of carbonyl (C=O) groups excluding carboxylic acids is 2. The van der Waals surface area contributed by atoms with Crippen LogP contribution in [0.5, 0.6) is 0 Å². The molecular formula is C20H18ClNO3. The number of carbonyl (C=O) groups is 2. The fourth-order valence-corrected chi connectivity index (χ4v) is 2.73. The zero-order valence-corrected chi connectivity index (χ0v) is 14.6. The molecule has 3 rings (SSSR count). The Morgan fingerprint density at radius 2 is 1.80 bits per heavy atom. The lowest BCUT2D eigenvalue weighted by atomic mass is 10.1. The Bertz CT molecular complexity index is 912. The Balaban J connectivity index is 2.01. The van der Waals surface area contributed by atoms with Gasteiger partial charge in [-0.25, -0.2) is 0 Å². The highest BCUT2D eigenvalue weighted by Crippen LogP contribution is 2.32. The normalized spacial score (nSPS) is 10.8. The molecule has 25 heavy (non-hydrogen) atoms. The first-order valence-corrected chi connectivity index (χ1v) is 8.59. The molecule has 0 aliphatic carbocycles. The molecule has 0 saturated carbocycles. The SMILES string of the molecule is CCCCC(=O)Nc1c(C(=O)c2ccc(Cl)cc2)oc2ccccc12. The van der Waals surface area contributed by atoms with Crippen LogP contribution in [0.15, 0.2) is 52.9 Å². The van der Waals surface area contributed by atoms with Gasteiger partial charge in [0.05, 0.1) is 5.69 Å². The topological polar surface area (TPSA) is 59.3 Å². The zero-order chi connectivity index (χ0) is 17.8. The summed E-state index contributed by atoms with van der Waals surface area (Å²) in [5.41, 5.74) is 1.44. The monoisotopic (exact) mass is 355 g/mol. The summed E-state index contributed by atoms with van der Waals surface area (Å²) in [6.45, 7) is 2.02. The second-order valence-electron chi connectivity index (χ2n) is 5.79. The van der Waals surface area contributed by atoms with Gasteiger partial charge < -0.3 is 9.73 Å². The predicted octanol–water partition coefficient (Wildman–Crippen LogP) is 5.45. The van der Waals surface area contributed by atoms with Gasteiger partial charge in [-0.1, -0.05) is 37.1 Å². The first-order valence-electron chi connectivity index (χ1n) is 8.21. The van der Waals surface area contributed by atoms with Crippen molar-refractivity contribution in [2.45, 2.75) is 26.2 Å². The number of hydrogen-bond acceptors (Lipinski definition) is 3. The lowest BCUT2D eigenvalue weighted by Crippen LogP contribution is -2.13. The van der Waals surface area contributed by atoms with Gasteiger partial charge in [-0.2, -0.15) is 0 Å². The van der Waals surface area contributed by atoms with E-state index < -0.39 is 0 Å². The van der Waals surface area contributed by atoms with Gasteiger partial charge in [0.2, 0.25) is 11.7 Å². The molecule has 0 atom stereocenters. The van der Waals surface area contributed by atoms with Crippen LogP contribution in [0.1, 0.15) is 42.3 Å². The highest BCUT2D eigenvalue weighted by Gasteiger charge is 2.23. The van der Waals surface area contributed by atoms with E-state index in [0.717, 1.165) is 12.8 Å². The number of ketones is 1. The van der Waals surface area contributed by atoms with Crippen LogP contribution in [0.25, 0.3) is 11.0 Å². The summed E-state index contributed by atoms with van der Waals surface area (Å²) in [5.74, 6) is -0.286. The van der Waals surface area contributed by atoms with Gasteiger partial charge in [0, 0.05) is 22.4 Å². The van der Waals surface area contributed by atoms with Crippen molar-refractivity contribution in [3.63, 3.8) is 0 Å². The van der Waals surface area contributed by atoms with Crippen molar-refractivity contribution < 1.29 is 14.0 Å². The van der Waals surface area contributed by atoms with Crippen LogP contribution < -0.4 is 5.32 Å². The minimum atomic E-state index is -0.293. The Hall–Kier alpha value is -2.59. The third-order valence-electron chi connectivity index (χ3n) is 3.93. The van der Waals surface area contributed by atoms with E-state index in [9.17, 15) is 9.59 Å². The molecule has 0 unspecified atom stereocenters. The van der Waals surface area contributed by atoms with Crippen LogP contribution in [0, 0.1) is 0 Å². The van der Waals surface area contributed by atoms with E-state index in [1.807, 2.05) is 25.1 Å². The van der Waals surface area contributed by atoms with Crippen molar-refractivity contribution >= 4 is 39.9 Å². The first-order chi connectivity index (χ1) is 12.1. The maximum Gasteiger partial charge on any atom is 0.230 e. The molecule has 0 bridgehead atoms. The van der Waals surface area contributed by atoms with Crippen molar-refractivity contribution in [3.05, 3.63) is 64.9 Å². The number of rotatable bonds is 6. The first kappa shape index (κ1) is 17.2. The molecule has 1 amide bonds. The van der Waals surface area contributed by atoms with Crippen molar-refractivity contribution in [1.82, 2.24) is 0 Å². The lowest BCUT2D eigenvalue weighted by molar-refractivity contribution is -0.116. The van der Waals surface area contributed by atoms with E-state index in [0.29, 0.717) is 33.7 Å². The minimum absolute atomic E-state index is 0.126. The molecule has 4 nitrogen and oxygen atoms in total. The number of hydrogen-bond donors (Lipinski definition) is 1. The number of furan rings is 1. The summed E-state index contributed by atoms with van der Waals surface area (Å²) in [7, 11) is 0.